The molecule has 0 spiro atoms. The number of hydrogen-bond donors (Lipinski definition) is 1. The summed E-state index contributed by atoms with van der Waals surface area (Å²) >= 11 is 0. The summed E-state index contributed by atoms with van der Waals surface area (Å²) in [6, 6.07) is 15.0. The maximum Gasteiger partial charge on any atom is 0.326 e. The molecule has 2 amide bonds. The highest BCUT2D eigenvalue weighted by Gasteiger charge is 2.66. The average molecular weight is 408 g/mol. The van der Waals surface area contributed by atoms with E-state index in [9.17, 15) is 14.4 Å². The van der Waals surface area contributed by atoms with Crippen molar-refractivity contribution in [2.45, 2.75) is 18.5 Å². The van der Waals surface area contributed by atoms with Crippen molar-refractivity contribution < 1.29 is 23.9 Å². The summed E-state index contributed by atoms with van der Waals surface area (Å²) in [6.07, 6.45) is 0. The lowest BCUT2D eigenvalue weighted by atomic mass is 9.80. The predicted molar refractivity (Wildman–Crippen MR) is 109 cm³/mol. The second kappa shape index (κ2) is 7.25. The van der Waals surface area contributed by atoms with Gasteiger partial charge in [0.15, 0.2) is 0 Å². The Morgan fingerprint density at radius 1 is 0.967 bits per heavy atom. The number of likely N-dealkylation sites (tertiary alicyclic amines) is 1. The Labute approximate surface area is 175 Å². The fourth-order valence-corrected chi connectivity index (χ4v) is 4.64. The van der Waals surface area contributed by atoms with Gasteiger partial charge in [-0.3, -0.25) is 24.6 Å². The number of carbonyl (C=O) groups excluding carboxylic acids is 3. The number of rotatable bonds is 4. The summed E-state index contributed by atoms with van der Waals surface area (Å²) in [5, 5.41) is 3.23. The Kier molecular flexibility index (Phi) is 4.86. The van der Waals surface area contributed by atoms with E-state index in [4.69, 9.17) is 9.47 Å². The zero-order chi connectivity index (χ0) is 21.6. The number of nitrogens with zero attached hydrogens (tertiary/aromatic N) is 1. The standard InChI is InChI=1S/C23H24N2O5/c1-23(22(28)30-4)18-17(20(26)25(2)21(18)27)19(24-23)15-7-5-13(6-8-15)14-9-11-16(29-3)12-10-14/h5-12,17-19,24H,1-4H3/t17-,18-,19-,23-/m1/s1. The molecule has 2 saturated heterocycles. The highest BCUT2D eigenvalue weighted by atomic mass is 16.5. The lowest BCUT2D eigenvalue weighted by molar-refractivity contribution is -0.152. The van der Waals surface area contributed by atoms with Gasteiger partial charge in [-0.1, -0.05) is 36.4 Å². The molecule has 0 bridgehead atoms. The molecule has 4 atom stereocenters. The van der Waals surface area contributed by atoms with E-state index in [0.29, 0.717) is 0 Å². The van der Waals surface area contributed by atoms with Gasteiger partial charge in [0, 0.05) is 13.1 Å². The molecule has 7 heteroatoms. The minimum absolute atomic E-state index is 0.283. The van der Waals surface area contributed by atoms with Gasteiger partial charge in [-0.25, -0.2) is 0 Å². The molecule has 2 aromatic rings. The Bertz CT molecular complexity index is 1000. The molecule has 156 valence electrons. The normalized spacial score (nSPS) is 27.9. The molecule has 4 rings (SSSR count). The number of benzene rings is 2. The van der Waals surface area contributed by atoms with Crippen LogP contribution < -0.4 is 10.1 Å². The number of hydrogen-bond acceptors (Lipinski definition) is 6. The topological polar surface area (TPSA) is 84.9 Å². The van der Waals surface area contributed by atoms with Gasteiger partial charge >= 0.3 is 5.97 Å². The number of nitrogens with one attached hydrogen (secondary N) is 1. The predicted octanol–water partition coefficient (Wildman–Crippen LogP) is 2.17. The smallest absolute Gasteiger partial charge is 0.326 e. The quantitative estimate of drug-likeness (QED) is 0.617. The maximum atomic E-state index is 12.8. The third-order valence-corrected chi connectivity index (χ3v) is 6.31. The van der Waals surface area contributed by atoms with Crippen molar-refractivity contribution in [1.29, 1.82) is 0 Å². The Morgan fingerprint density at radius 2 is 1.53 bits per heavy atom. The van der Waals surface area contributed by atoms with Crippen LogP contribution in [-0.4, -0.2) is 49.5 Å². The molecule has 1 N–H and O–H groups in total. The molecule has 0 unspecified atom stereocenters. The van der Waals surface area contributed by atoms with Crippen LogP contribution in [-0.2, 0) is 19.1 Å². The van der Waals surface area contributed by atoms with Gasteiger partial charge in [0.2, 0.25) is 11.8 Å². The largest absolute Gasteiger partial charge is 0.497 e. The van der Waals surface area contributed by atoms with E-state index in [1.165, 1.54) is 14.2 Å². The van der Waals surface area contributed by atoms with Crippen molar-refractivity contribution in [3.05, 3.63) is 54.1 Å². The average Bonchev–Trinajstić information content (AvgIpc) is 3.22. The zero-order valence-corrected chi connectivity index (χ0v) is 17.3. The molecule has 2 aliphatic rings. The van der Waals surface area contributed by atoms with Gasteiger partial charge in [-0.05, 0) is 35.7 Å². The summed E-state index contributed by atoms with van der Waals surface area (Å²) < 4.78 is 10.1. The molecule has 2 heterocycles. The second-order valence-corrected chi connectivity index (χ2v) is 7.91. The fourth-order valence-electron chi connectivity index (χ4n) is 4.64. The first kappa shape index (κ1) is 20.1. The van der Waals surface area contributed by atoms with Crippen molar-refractivity contribution in [2.24, 2.45) is 11.8 Å². The highest BCUT2D eigenvalue weighted by Crippen LogP contribution is 2.48. The number of carbonyl (C=O) groups is 3. The molecule has 2 fully saturated rings. The van der Waals surface area contributed by atoms with Crippen LogP contribution in [0.25, 0.3) is 11.1 Å². The number of methoxy groups -OCH3 is 2. The van der Waals surface area contributed by atoms with Crippen molar-refractivity contribution in [1.82, 2.24) is 10.2 Å². The van der Waals surface area contributed by atoms with Crippen molar-refractivity contribution in [3.8, 4) is 16.9 Å². The van der Waals surface area contributed by atoms with Crippen molar-refractivity contribution >= 4 is 17.8 Å². The lowest BCUT2D eigenvalue weighted by Crippen LogP contribution is -2.53. The monoisotopic (exact) mass is 408 g/mol. The minimum Gasteiger partial charge on any atom is -0.497 e. The van der Waals surface area contributed by atoms with E-state index >= 15 is 0 Å². The summed E-state index contributed by atoms with van der Waals surface area (Å²) in [5.74, 6) is -1.86. The van der Waals surface area contributed by atoms with Gasteiger partial charge in [-0.15, -0.1) is 0 Å². The van der Waals surface area contributed by atoms with Crippen LogP contribution in [0.3, 0.4) is 0 Å². The molecule has 30 heavy (non-hydrogen) atoms. The zero-order valence-electron chi connectivity index (χ0n) is 17.3. The van der Waals surface area contributed by atoms with Crippen LogP contribution >= 0.6 is 0 Å². The first-order valence-electron chi connectivity index (χ1n) is 9.73. The van der Waals surface area contributed by atoms with Crippen LogP contribution in [0, 0.1) is 11.8 Å². The molecule has 0 aromatic heterocycles. The van der Waals surface area contributed by atoms with E-state index in [2.05, 4.69) is 5.32 Å². The van der Waals surface area contributed by atoms with Crippen LogP contribution in [0.5, 0.6) is 5.75 Å². The molecule has 2 aromatic carbocycles. The summed E-state index contributed by atoms with van der Waals surface area (Å²) in [5.41, 5.74) is 1.62. The van der Waals surface area contributed by atoms with Crippen molar-refractivity contribution in [3.63, 3.8) is 0 Å². The number of fused-ring (bicyclic) bond motifs is 1. The van der Waals surface area contributed by atoms with Gasteiger partial charge in [-0.2, -0.15) is 0 Å². The van der Waals surface area contributed by atoms with Crippen molar-refractivity contribution in [2.75, 3.05) is 21.3 Å². The van der Waals surface area contributed by atoms with Crippen LogP contribution in [0.2, 0.25) is 0 Å². The SMILES string of the molecule is COC(=O)[C@]1(C)N[C@H](c2ccc(-c3ccc(OC)cc3)cc2)[C@@H]2C(=O)N(C)C(=O)[C@@H]21. The van der Waals surface area contributed by atoms with E-state index < -0.39 is 29.4 Å². The minimum atomic E-state index is -1.27. The van der Waals surface area contributed by atoms with E-state index in [1.54, 1.807) is 14.0 Å². The number of amides is 2. The fraction of sp³-hybridized carbons (Fsp3) is 0.348. The van der Waals surface area contributed by atoms with Gasteiger partial charge < -0.3 is 9.47 Å². The Balaban J connectivity index is 1.68. The molecule has 0 saturated carbocycles. The first-order valence-corrected chi connectivity index (χ1v) is 9.73. The molecule has 2 aliphatic heterocycles. The van der Waals surface area contributed by atoms with Crippen LogP contribution in [0.15, 0.2) is 48.5 Å². The third-order valence-electron chi connectivity index (χ3n) is 6.31. The second-order valence-electron chi connectivity index (χ2n) is 7.91. The number of imide groups is 1. The van der Waals surface area contributed by atoms with E-state index in [0.717, 1.165) is 27.3 Å². The first-order chi connectivity index (χ1) is 14.3. The maximum absolute atomic E-state index is 12.8. The molecule has 0 aliphatic carbocycles. The van der Waals surface area contributed by atoms with Gasteiger partial charge in [0.05, 0.1) is 26.1 Å². The summed E-state index contributed by atoms with van der Waals surface area (Å²) in [7, 11) is 4.37. The summed E-state index contributed by atoms with van der Waals surface area (Å²) in [4.78, 5) is 39.2. The number of esters is 1. The Morgan fingerprint density at radius 3 is 2.07 bits per heavy atom. The van der Waals surface area contributed by atoms with E-state index in [-0.39, 0.29) is 11.8 Å². The van der Waals surface area contributed by atoms with Crippen LogP contribution in [0.4, 0.5) is 0 Å². The number of ether oxygens (including phenoxy) is 2. The molecule has 7 nitrogen and oxygen atoms in total. The lowest BCUT2D eigenvalue weighted by Gasteiger charge is -2.27. The van der Waals surface area contributed by atoms with Gasteiger partial charge in [0.25, 0.3) is 0 Å². The molecular weight excluding hydrogens is 384 g/mol. The van der Waals surface area contributed by atoms with Crippen LogP contribution in [0.1, 0.15) is 18.5 Å². The highest BCUT2D eigenvalue weighted by molar-refractivity contribution is 6.09. The van der Waals surface area contributed by atoms with Gasteiger partial charge in [0.1, 0.15) is 11.3 Å². The van der Waals surface area contributed by atoms with E-state index in [1.807, 2.05) is 48.5 Å². The third kappa shape index (κ3) is 2.89. The molecular formula is C23H24N2O5. The Hall–Kier alpha value is -3.19. The summed E-state index contributed by atoms with van der Waals surface area (Å²) in [6.45, 7) is 1.63. The molecule has 0 radical (unpaired) electrons.